The van der Waals surface area contributed by atoms with E-state index < -0.39 is 61.0 Å². The Kier molecular flexibility index (Phi) is 9.40. The summed E-state index contributed by atoms with van der Waals surface area (Å²) in [5.41, 5.74) is 1.32. The second-order valence-electron chi connectivity index (χ2n) is 16.8. The molecule has 252 valence electrons. The van der Waals surface area contributed by atoms with E-state index in [1.165, 1.54) is 11.1 Å². The fourth-order valence-corrected chi connectivity index (χ4v) is 11.6. The molecule has 1 aliphatic heterocycles. The first kappa shape index (κ1) is 34.5. The summed E-state index contributed by atoms with van der Waals surface area (Å²) in [5.74, 6) is 0.402. The van der Waals surface area contributed by atoms with Crippen molar-refractivity contribution in [2.75, 3.05) is 6.61 Å². The van der Waals surface area contributed by atoms with E-state index >= 15 is 0 Å². The largest absolute Gasteiger partial charge is 0.394 e. The monoisotopic (exact) mass is 620 g/mol. The maximum Gasteiger partial charge on any atom is 0.186 e. The van der Waals surface area contributed by atoms with Crippen LogP contribution in [0.15, 0.2) is 23.8 Å². The summed E-state index contributed by atoms with van der Waals surface area (Å²) in [5, 5.41) is 65.2. The summed E-state index contributed by atoms with van der Waals surface area (Å²) in [4.78, 5) is 0. The Balaban J connectivity index is 1.53. The molecule has 5 rings (SSSR count). The lowest BCUT2D eigenvalue weighted by molar-refractivity contribution is -0.346. The summed E-state index contributed by atoms with van der Waals surface area (Å²) >= 11 is 0. The highest BCUT2D eigenvalue weighted by atomic mass is 16.7. The molecule has 0 radical (unpaired) electrons. The lowest BCUT2D eigenvalue weighted by Crippen LogP contribution is -2.70. The van der Waals surface area contributed by atoms with E-state index in [1.807, 2.05) is 0 Å². The molecular weight excluding hydrogens is 560 g/mol. The highest BCUT2D eigenvalue weighted by Gasteiger charge is 2.72. The fourth-order valence-electron chi connectivity index (χ4n) is 11.6. The Bertz CT molecular complexity index is 1100. The number of aliphatic hydroxyl groups is 6. The van der Waals surface area contributed by atoms with Crippen LogP contribution in [-0.2, 0) is 9.47 Å². The van der Waals surface area contributed by atoms with E-state index in [0.717, 1.165) is 32.1 Å². The molecular formula is C36H60O8. The molecule has 5 fully saturated rings. The van der Waals surface area contributed by atoms with E-state index in [1.54, 1.807) is 0 Å². The van der Waals surface area contributed by atoms with Crippen molar-refractivity contribution in [3.63, 3.8) is 0 Å². The molecule has 5 aliphatic rings. The van der Waals surface area contributed by atoms with Gasteiger partial charge in [-0.2, -0.15) is 0 Å². The first-order valence-corrected chi connectivity index (χ1v) is 17.1. The Hall–Kier alpha value is -0.840. The van der Waals surface area contributed by atoms with Crippen molar-refractivity contribution in [2.45, 2.75) is 149 Å². The predicted molar refractivity (Wildman–Crippen MR) is 168 cm³/mol. The molecule has 0 aromatic heterocycles. The van der Waals surface area contributed by atoms with Gasteiger partial charge in [0.15, 0.2) is 6.29 Å². The third-order valence-corrected chi connectivity index (χ3v) is 13.9. The van der Waals surface area contributed by atoms with Crippen LogP contribution in [0, 0.1) is 45.3 Å². The third kappa shape index (κ3) is 5.18. The van der Waals surface area contributed by atoms with E-state index in [4.69, 9.17) is 9.47 Å². The summed E-state index contributed by atoms with van der Waals surface area (Å²) < 4.78 is 12.6. The van der Waals surface area contributed by atoms with Crippen LogP contribution in [0.5, 0.6) is 0 Å². The minimum Gasteiger partial charge on any atom is -0.394 e. The van der Waals surface area contributed by atoms with Gasteiger partial charge < -0.3 is 40.1 Å². The molecule has 4 aliphatic carbocycles. The van der Waals surface area contributed by atoms with E-state index in [2.05, 4.69) is 61.1 Å². The van der Waals surface area contributed by atoms with Crippen LogP contribution in [0.2, 0.25) is 0 Å². The van der Waals surface area contributed by atoms with Crippen LogP contribution in [0.1, 0.15) is 99.8 Å². The number of rotatable bonds is 7. The van der Waals surface area contributed by atoms with Crippen molar-refractivity contribution in [2.24, 2.45) is 45.3 Å². The second-order valence-corrected chi connectivity index (χ2v) is 16.8. The molecule has 0 spiro atoms. The Morgan fingerprint density at radius 2 is 1.61 bits per heavy atom. The number of allylic oxidation sites excluding steroid dienone is 3. The molecule has 0 amide bonds. The van der Waals surface area contributed by atoms with Gasteiger partial charge in [-0.15, -0.1) is 0 Å². The average molecular weight is 621 g/mol. The van der Waals surface area contributed by atoms with Gasteiger partial charge in [-0.1, -0.05) is 58.4 Å². The minimum absolute atomic E-state index is 0.0817. The van der Waals surface area contributed by atoms with Gasteiger partial charge in [0.1, 0.15) is 24.4 Å². The zero-order chi connectivity index (χ0) is 32.6. The maximum atomic E-state index is 12.0. The molecule has 1 heterocycles. The van der Waals surface area contributed by atoms with Gasteiger partial charge in [0, 0.05) is 0 Å². The number of hydrogen-bond donors (Lipinski definition) is 6. The Morgan fingerprint density at radius 3 is 2.25 bits per heavy atom. The molecule has 0 bridgehead atoms. The molecule has 8 nitrogen and oxygen atoms in total. The summed E-state index contributed by atoms with van der Waals surface area (Å²) in [7, 11) is 0. The predicted octanol–water partition coefficient (Wildman–Crippen LogP) is 4.10. The highest BCUT2D eigenvalue weighted by Crippen LogP contribution is 2.76. The van der Waals surface area contributed by atoms with Crippen LogP contribution in [-0.4, -0.2) is 86.3 Å². The van der Waals surface area contributed by atoms with E-state index in [0.29, 0.717) is 19.3 Å². The molecule has 44 heavy (non-hydrogen) atoms. The first-order chi connectivity index (χ1) is 20.4. The lowest BCUT2D eigenvalue weighted by atomic mass is 9.34. The van der Waals surface area contributed by atoms with Gasteiger partial charge in [-0.05, 0) is 111 Å². The SMILES string of the molecule is C=C(CCC=C(C)C)C1CCC2(C)C1C(O)CC1C3(C)CCC(O)C(C)(C)C3C(OC3OC(CO)C(O)C(O)C3O)CC12C. The normalized spacial score (nSPS) is 51.6. The molecule has 15 atom stereocenters. The average Bonchev–Trinajstić information content (AvgIpc) is 3.32. The van der Waals surface area contributed by atoms with Crippen molar-refractivity contribution >= 4 is 0 Å². The molecule has 0 aromatic carbocycles. The Morgan fingerprint density at radius 1 is 0.932 bits per heavy atom. The lowest BCUT2D eigenvalue weighted by Gasteiger charge is -2.72. The first-order valence-electron chi connectivity index (χ1n) is 17.1. The minimum atomic E-state index is -1.52. The van der Waals surface area contributed by atoms with Crippen molar-refractivity contribution in [3.05, 3.63) is 23.8 Å². The molecule has 4 saturated carbocycles. The van der Waals surface area contributed by atoms with Crippen molar-refractivity contribution in [3.8, 4) is 0 Å². The number of aliphatic hydroxyl groups excluding tert-OH is 6. The van der Waals surface area contributed by atoms with Gasteiger partial charge in [0.25, 0.3) is 0 Å². The van der Waals surface area contributed by atoms with Gasteiger partial charge in [-0.25, -0.2) is 0 Å². The third-order valence-electron chi connectivity index (χ3n) is 13.9. The number of fused-ring (bicyclic) bond motifs is 5. The summed E-state index contributed by atoms with van der Waals surface area (Å²) in [6, 6.07) is 0. The topological polar surface area (TPSA) is 140 Å². The van der Waals surface area contributed by atoms with Crippen LogP contribution in [0.3, 0.4) is 0 Å². The smallest absolute Gasteiger partial charge is 0.186 e. The van der Waals surface area contributed by atoms with Gasteiger partial charge >= 0.3 is 0 Å². The number of ether oxygens (including phenoxy) is 2. The van der Waals surface area contributed by atoms with Crippen LogP contribution < -0.4 is 0 Å². The fraction of sp³-hybridized carbons (Fsp3) is 0.889. The van der Waals surface area contributed by atoms with E-state index in [-0.39, 0.29) is 39.9 Å². The standard InChI is InChI=1S/C36H60O8/c1-19(2)10-9-11-20(3)21-12-15-35(7)27(21)22(38)16-25-34(6)14-13-26(39)33(4,5)31(34)23(17-36(25,35)8)43-32-30(42)29(41)28(40)24(18-37)44-32/h10,21-32,37-42H,3,9,11-18H2,1-2,4-8H3. The second kappa shape index (κ2) is 12.0. The molecule has 0 aromatic rings. The molecule has 8 heteroatoms. The van der Waals surface area contributed by atoms with Crippen molar-refractivity contribution in [1.82, 2.24) is 0 Å². The van der Waals surface area contributed by atoms with Gasteiger partial charge in [-0.3, -0.25) is 0 Å². The van der Waals surface area contributed by atoms with Gasteiger partial charge in [0.05, 0.1) is 24.9 Å². The Labute approximate surface area is 264 Å². The van der Waals surface area contributed by atoms with Crippen LogP contribution in [0.25, 0.3) is 0 Å². The molecule has 15 unspecified atom stereocenters. The maximum absolute atomic E-state index is 12.0. The van der Waals surface area contributed by atoms with Gasteiger partial charge in [0.2, 0.25) is 0 Å². The van der Waals surface area contributed by atoms with Crippen LogP contribution in [0.4, 0.5) is 0 Å². The number of hydrogen-bond acceptors (Lipinski definition) is 8. The molecule has 1 saturated heterocycles. The molecule has 6 N–H and O–H groups in total. The zero-order valence-corrected chi connectivity index (χ0v) is 28.1. The van der Waals surface area contributed by atoms with Crippen LogP contribution >= 0.6 is 0 Å². The van der Waals surface area contributed by atoms with E-state index in [9.17, 15) is 30.6 Å². The zero-order valence-electron chi connectivity index (χ0n) is 28.1. The highest BCUT2D eigenvalue weighted by molar-refractivity contribution is 5.24. The van der Waals surface area contributed by atoms with Crippen molar-refractivity contribution in [1.29, 1.82) is 0 Å². The van der Waals surface area contributed by atoms with Crippen molar-refractivity contribution < 1.29 is 40.1 Å². The quantitative estimate of drug-likeness (QED) is 0.185. The summed E-state index contributed by atoms with van der Waals surface area (Å²) in [6.07, 6.45) is 0.758. The summed E-state index contributed by atoms with van der Waals surface area (Å²) in [6.45, 7) is 19.5.